The van der Waals surface area contributed by atoms with Gasteiger partial charge in [-0.25, -0.2) is 23.0 Å². The predicted octanol–water partition coefficient (Wildman–Crippen LogP) is 8.16. The first-order chi connectivity index (χ1) is 25.9. The number of alkyl halides is 4. The minimum Gasteiger partial charge on any atom is -0.508 e. The van der Waals surface area contributed by atoms with Crippen LogP contribution >= 0.6 is 0 Å². The number of nitrogens with zero attached hydrogens (tertiary/aromatic N) is 5. The highest BCUT2D eigenvalue weighted by molar-refractivity contribution is 6.03. The van der Waals surface area contributed by atoms with Crippen LogP contribution in [0.3, 0.4) is 0 Å². The standard InChI is InChI=1S/C39H33F7N6O2/c1-2-25-29(41)9-7-22-14-24(53)16-26(32(22)25)34-33(43)35-27(18-47-34)36(52-13-5-3-4-12-48-52)50-37(49-35)54-20-38-11-10-31(51(38)19-23(40)17-38)21-6-8-28(30(42)15-21)39(44,45)46/h1,6-9,14-16,18,23,31,48,53H,3-5,10-13,17,19-20H2/t23-,31-,38+/m1/s1. The van der Waals surface area contributed by atoms with Crippen molar-refractivity contribution < 1.29 is 40.6 Å². The molecule has 280 valence electrons. The molecule has 2 aromatic heterocycles. The van der Waals surface area contributed by atoms with Gasteiger partial charge in [0.2, 0.25) is 0 Å². The van der Waals surface area contributed by atoms with Crippen molar-refractivity contribution in [1.82, 2.24) is 25.3 Å². The SMILES string of the molecule is C#Cc1c(F)ccc2cc(O)cc(-c3ncc4c(N5CCCCCN5)nc(OC[C@@]56CC[C@H](c7ccc(C(F)(F)F)c(F)c7)N5C[C@H](F)C6)nc4c3F)c12. The first-order valence-electron chi connectivity index (χ1n) is 17.6. The van der Waals surface area contributed by atoms with Crippen LogP contribution in [0.15, 0.2) is 48.7 Å². The zero-order valence-electron chi connectivity index (χ0n) is 28.7. The van der Waals surface area contributed by atoms with E-state index in [0.29, 0.717) is 42.9 Å². The molecule has 2 N–H and O–H groups in total. The molecular weight excluding hydrogens is 717 g/mol. The van der Waals surface area contributed by atoms with E-state index in [1.54, 1.807) is 9.91 Å². The average Bonchev–Trinajstić information content (AvgIpc) is 3.48. The maximum atomic E-state index is 16.9. The molecule has 15 heteroatoms. The number of aromatic hydroxyl groups is 1. The Bertz CT molecular complexity index is 2320. The number of aromatic nitrogens is 3. The maximum Gasteiger partial charge on any atom is 0.419 e. The minimum absolute atomic E-state index is 0.0403. The van der Waals surface area contributed by atoms with E-state index in [4.69, 9.17) is 11.2 Å². The van der Waals surface area contributed by atoms with Crippen LogP contribution in [0.25, 0.3) is 32.9 Å². The molecule has 0 amide bonds. The third-order valence-electron chi connectivity index (χ3n) is 10.7. The Morgan fingerprint density at radius 3 is 2.65 bits per heavy atom. The van der Waals surface area contributed by atoms with Crippen LogP contribution in [0.4, 0.5) is 36.6 Å². The first kappa shape index (κ1) is 35.8. The Labute approximate surface area is 304 Å². The number of halogens is 7. The van der Waals surface area contributed by atoms with Gasteiger partial charge in [-0.15, -0.1) is 6.42 Å². The van der Waals surface area contributed by atoms with Crippen LogP contribution in [-0.4, -0.2) is 62.9 Å². The third kappa shape index (κ3) is 6.20. The van der Waals surface area contributed by atoms with Gasteiger partial charge >= 0.3 is 12.2 Å². The molecular formula is C39H33F7N6O2. The summed E-state index contributed by atoms with van der Waals surface area (Å²) in [6.45, 7) is 0.948. The van der Waals surface area contributed by atoms with Gasteiger partial charge in [0.1, 0.15) is 41.4 Å². The van der Waals surface area contributed by atoms with Gasteiger partial charge in [0, 0.05) is 49.2 Å². The Morgan fingerprint density at radius 2 is 1.87 bits per heavy atom. The number of phenolic OH excluding ortho intramolecular Hbond substituents is 1. The van der Waals surface area contributed by atoms with Gasteiger partial charge in [-0.1, -0.05) is 24.5 Å². The summed E-state index contributed by atoms with van der Waals surface area (Å²) in [6, 6.07) is 7.18. The number of anilines is 1. The van der Waals surface area contributed by atoms with Crippen molar-refractivity contribution >= 4 is 27.5 Å². The van der Waals surface area contributed by atoms with Crippen molar-refractivity contribution in [2.45, 2.75) is 62.5 Å². The van der Waals surface area contributed by atoms with Crippen LogP contribution in [0, 0.1) is 29.8 Å². The lowest BCUT2D eigenvalue weighted by molar-refractivity contribution is -0.140. The molecule has 0 aliphatic carbocycles. The van der Waals surface area contributed by atoms with Gasteiger partial charge in [0.05, 0.1) is 22.1 Å². The summed E-state index contributed by atoms with van der Waals surface area (Å²) < 4.78 is 108. The van der Waals surface area contributed by atoms with Crippen molar-refractivity contribution in [3.05, 3.63) is 82.8 Å². The van der Waals surface area contributed by atoms with Crippen molar-refractivity contribution in [2.75, 3.05) is 31.3 Å². The van der Waals surface area contributed by atoms with E-state index in [1.807, 2.05) is 0 Å². The van der Waals surface area contributed by atoms with Gasteiger partial charge < -0.3 is 9.84 Å². The maximum absolute atomic E-state index is 16.9. The molecule has 3 aliphatic rings. The third-order valence-corrected chi connectivity index (χ3v) is 10.7. The predicted molar refractivity (Wildman–Crippen MR) is 187 cm³/mol. The summed E-state index contributed by atoms with van der Waals surface area (Å²) in [5, 5.41) is 13.1. The van der Waals surface area contributed by atoms with Crippen molar-refractivity contribution in [1.29, 1.82) is 0 Å². The fourth-order valence-corrected chi connectivity index (χ4v) is 8.27. The molecule has 0 radical (unpaired) electrons. The number of fused-ring (bicyclic) bond motifs is 3. The van der Waals surface area contributed by atoms with Crippen LogP contribution in [0.2, 0.25) is 0 Å². The van der Waals surface area contributed by atoms with Gasteiger partial charge in [-0.3, -0.25) is 14.9 Å². The number of hydrogen-bond donors (Lipinski definition) is 2. The Hall–Kier alpha value is -5.20. The number of pyridine rings is 1. The lowest BCUT2D eigenvalue weighted by Crippen LogP contribution is -2.44. The molecule has 3 saturated heterocycles. The Kier molecular flexibility index (Phi) is 9.01. The molecule has 0 saturated carbocycles. The summed E-state index contributed by atoms with van der Waals surface area (Å²) in [5.74, 6) is -0.656. The molecule has 54 heavy (non-hydrogen) atoms. The van der Waals surface area contributed by atoms with E-state index in [9.17, 15) is 27.1 Å². The van der Waals surface area contributed by atoms with E-state index in [-0.39, 0.29) is 70.3 Å². The summed E-state index contributed by atoms with van der Waals surface area (Å²) in [4.78, 5) is 15.3. The van der Waals surface area contributed by atoms with E-state index in [1.165, 1.54) is 30.5 Å². The molecule has 0 spiro atoms. The van der Waals surface area contributed by atoms with Crippen LogP contribution in [0.5, 0.6) is 11.8 Å². The Balaban J connectivity index is 1.19. The van der Waals surface area contributed by atoms with Crippen molar-refractivity contribution in [2.24, 2.45) is 0 Å². The molecule has 8 rings (SSSR count). The number of nitrogens with one attached hydrogen (secondary N) is 1. The van der Waals surface area contributed by atoms with E-state index >= 15 is 8.78 Å². The average molecular weight is 751 g/mol. The van der Waals surface area contributed by atoms with E-state index in [2.05, 4.69) is 26.3 Å². The summed E-state index contributed by atoms with van der Waals surface area (Å²) in [5.41, 5.74) is 0.750. The number of rotatable bonds is 6. The van der Waals surface area contributed by atoms with Crippen molar-refractivity contribution in [3.63, 3.8) is 0 Å². The summed E-state index contributed by atoms with van der Waals surface area (Å²) in [7, 11) is 0. The number of ether oxygens (including phenoxy) is 1. The highest BCUT2D eigenvalue weighted by Gasteiger charge is 2.54. The fraction of sp³-hybridized carbons (Fsp3) is 0.359. The zero-order valence-corrected chi connectivity index (χ0v) is 28.7. The first-order valence-corrected chi connectivity index (χ1v) is 17.6. The van der Waals surface area contributed by atoms with E-state index < -0.39 is 46.9 Å². The van der Waals surface area contributed by atoms with Gasteiger partial charge in [0.25, 0.3) is 0 Å². The molecule has 0 unspecified atom stereocenters. The van der Waals surface area contributed by atoms with Crippen LogP contribution in [0.1, 0.15) is 61.3 Å². The lowest BCUT2D eigenvalue weighted by atomic mass is 9.94. The highest BCUT2D eigenvalue weighted by Crippen LogP contribution is 2.50. The molecule has 8 nitrogen and oxygen atoms in total. The largest absolute Gasteiger partial charge is 0.508 e. The molecule has 3 aromatic carbocycles. The second-order valence-electron chi connectivity index (χ2n) is 14.0. The number of hydrogen-bond acceptors (Lipinski definition) is 8. The number of phenols is 1. The molecule has 5 aromatic rings. The topological polar surface area (TPSA) is 86.6 Å². The molecule has 3 atom stereocenters. The van der Waals surface area contributed by atoms with Crippen LogP contribution in [-0.2, 0) is 6.18 Å². The minimum atomic E-state index is -4.86. The van der Waals surface area contributed by atoms with E-state index in [0.717, 1.165) is 31.4 Å². The molecule has 5 heterocycles. The van der Waals surface area contributed by atoms with Gasteiger partial charge in [-0.2, -0.15) is 23.1 Å². The van der Waals surface area contributed by atoms with Crippen LogP contribution < -0.4 is 15.2 Å². The highest BCUT2D eigenvalue weighted by atomic mass is 19.4. The number of hydrazine groups is 1. The molecule has 3 aliphatic heterocycles. The zero-order chi connectivity index (χ0) is 37.9. The Morgan fingerprint density at radius 1 is 1.04 bits per heavy atom. The molecule has 3 fully saturated rings. The van der Waals surface area contributed by atoms with Gasteiger partial charge in [0.15, 0.2) is 11.6 Å². The fourth-order valence-electron chi connectivity index (χ4n) is 8.27. The van der Waals surface area contributed by atoms with Crippen molar-refractivity contribution in [3.8, 4) is 35.4 Å². The second-order valence-corrected chi connectivity index (χ2v) is 14.0. The molecule has 0 bridgehead atoms. The number of benzene rings is 3. The lowest BCUT2D eigenvalue weighted by Gasteiger charge is -2.34. The quantitative estimate of drug-likeness (QED) is 0.133. The monoisotopic (exact) mass is 750 g/mol. The summed E-state index contributed by atoms with van der Waals surface area (Å²) in [6.07, 6.45) is 4.39. The smallest absolute Gasteiger partial charge is 0.419 e. The number of terminal acetylenes is 1. The second kappa shape index (κ2) is 13.6. The normalized spacial score (nSPS) is 22.1. The summed E-state index contributed by atoms with van der Waals surface area (Å²) >= 11 is 0. The van der Waals surface area contributed by atoms with Gasteiger partial charge in [-0.05, 0) is 67.0 Å².